The third-order valence-electron chi connectivity index (χ3n) is 1.85. The van der Waals surface area contributed by atoms with Crippen molar-refractivity contribution in [2.45, 2.75) is 26.1 Å². The number of amides is 1. The van der Waals surface area contributed by atoms with Crippen LogP contribution in [0.4, 0.5) is 23.7 Å². The van der Waals surface area contributed by atoms with Gasteiger partial charge in [-0.05, 0) is 26.0 Å². The summed E-state index contributed by atoms with van der Waals surface area (Å²) in [6.07, 6.45) is -5.86. The van der Waals surface area contributed by atoms with Crippen molar-refractivity contribution in [3.8, 4) is 5.75 Å². The lowest BCUT2D eigenvalue weighted by molar-refractivity contribution is -0.159. The third-order valence-corrected chi connectivity index (χ3v) is 1.85. The molecule has 0 saturated carbocycles. The lowest BCUT2D eigenvalue weighted by Gasteiger charge is -2.15. The number of anilines is 1. The van der Waals surface area contributed by atoms with Gasteiger partial charge in [0.1, 0.15) is 5.75 Å². The fourth-order valence-electron chi connectivity index (χ4n) is 1.22. The van der Waals surface area contributed by atoms with Crippen molar-refractivity contribution in [1.29, 1.82) is 0 Å². The fourth-order valence-corrected chi connectivity index (χ4v) is 1.22. The van der Waals surface area contributed by atoms with Crippen LogP contribution in [-0.4, -0.2) is 25.0 Å². The molecule has 0 radical (unpaired) electrons. The number of alkyl halides is 3. The van der Waals surface area contributed by atoms with E-state index >= 15 is 0 Å². The second kappa shape index (κ2) is 6.31. The predicted octanol–water partition coefficient (Wildman–Crippen LogP) is 3.58. The maximum Gasteiger partial charge on any atom is 0.422 e. The molecule has 0 atom stereocenters. The average molecular weight is 277 g/mol. The molecule has 0 bridgehead atoms. The van der Waals surface area contributed by atoms with Gasteiger partial charge in [-0.15, -0.1) is 0 Å². The highest BCUT2D eigenvalue weighted by molar-refractivity contribution is 5.86. The zero-order valence-electron chi connectivity index (χ0n) is 10.5. The molecule has 0 aromatic heterocycles. The molecule has 0 spiro atoms. The molecule has 0 aliphatic rings. The van der Waals surface area contributed by atoms with Gasteiger partial charge in [-0.25, -0.2) is 4.79 Å². The molecule has 0 fully saturated rings. The molecule has 4 nitrogen and oxygen atoms in total. The number of halogens is 3. The van der Waals surface area contributed by atoms with Gasteiger partial charge in [0.2, 0.25) is 0 Å². The predicted molar refractivity (Wildman–Crippen MR) is 63.2 cm³/mol. The van der Waals surface area contributed by atoms with E-state index in [9.17, 15) is 18.0 Å². The van der Waals surface area contributed by atoms with Gasteiger partial charge in [0, 0.05) is 0 Å². The van der Waals surface area contributed by atoms with Crippen molar-refractivity contribution in [3.05, 3.63) is 24.3 Å². The van der Waals surface area contributed by atoms with E-state index in [1.807, 2.05) is 0 Å². The average Bonchev–Trinajstić information content (AvgIpc) is 2.27. The van der Waals surface area contributed by atoms with Crippen molar-refractivity contribution in [3.63, 3.8) is 0 Å². The summed E-state index contributed by atoms with van der Waals surface area (Å²) >= 11 is 0. The minimum Gasteiger partial charge on any atom is -0.489 e. The summed E-state index contributed by atoms with van der Waals surface area (Å²) in [6, 6.07) is 6.41. The topological polar surface area (TPSA) is 47.6 Å². The van der Waals surface area contributed by atoms with Crippen LogP contribution in [0.15, 0.2) is 24.3 Å². The second-order valence-corrected chi connectivity index (χ2v) is 3.98. The van der Waals surface area contributed by atoms with E-state index in [0.29, 0.717) is 5.75 Å². The summed E-state index contributed by atoms with van der Waals surface area (Å²) in [6.45, 7) is 1.95. The number of carbonyl (C=O) groups excluding carboxylic acids is 1. The van der Waals surface area contributed by atoms with E-state index in [1.165, 1.54) is 6.07 Å². The number of nitrogens with one attached hydrogen (secondary N) is 1. The van der Waals surface area contributed by atoms with E-state index in [1.54, 1.807) is 32.0 Å². The molecule has 106 valence electrons. The van der Waals surface area contributed by atoms with E-state index in [2.05, 4.69) is 10.1 Å². The summed E-state index contributed by atoms with van der Waals surface area (Å²) in [4.78, 5) is 11.2. The minimum atomic E-state index is -4.55. The van der Waals surface area contributed by atoms with Crippen LogP contribution in [0.3, 0.4) is 0 Å². The van der Waals surface area contributed by atoms with E-state index in [0.717, 1.165) is 0 Å². The van der Waals surface area contributed by atoms with Gasteiger partial charge < -0.3 is 9.47 Å². The van der Waals surface area contributed by atoms with Crippen LogP contribution in [0.5, 0.6) is 5.75 Å². The Morgan fingerprint density at radius 3 is 2.53 bits per heavy atom. The molecule has 1 aromatic rings. The van der Waals surface area contributed by atoms with Crippen molar-refractivity contribution in [1.82, 2.24) is 0 Å². The van der Waals surface area contributed by atoms with Gasteiger partial charge in [-0.3, -0.25) is 5.32 Å². The van der Waals surface area contributed by atoms with Gasteiger partial charge >= 0.3 is 12.3 Å². The van der Waals surface area contributed by atoms with E-state index in [-0.39, 0.29) is 11.8 Å². The summed E-state index contributed by atoms with van der Waals surface area (Å²) in [5.41, 5.74) is 0.253. The van der Waals surface area contributed by atoms with Gasteiger partial charge in [0.25, 0.3) is 0 Å². The molecule has 1 aromatic carbocycles. The smallest absolute Gasteiger partial charge is 0.422 e. The Hall–Kier alpha value is -1.92. The molecule has 0 saturated heterocycles. The maximum atomic E-state index is 11.9. The first-order valence-corrected chi connectivity index (χ1v) is 5.54. The summed E-state index contributed by atoms with van der Waals surface area (Å²) in [5.74, 6) is 0.362. The van der Waals surface area contributed by atoms with Crippen LogP contribution in [0.2, 0.25) is 0 Å². The molecule has 0 unspecified atom stereocenters. The van der Waals surface area contributed by atoms with E-state index < -0.39 is 18.9 Å². The SMILES string of the molecule is CC(C)Oc1ccccc1NC(=O)OCC(F)(F)F. The molecule has 0 aliphatic heterocycles. The highest BCUT2D eigenvalue weighted by Gasteiger charge is 2.29. The van der Waals surface area contributed by atoms with Crippen molar-refractivity contribution in [2.24, 2.45) is 0 Å². The van der Waals surface area contributed by atoms with E-state index in [4.69, 9.17) is 4.74 Å². The Labute approximate surface area is 108 Å². The Morgan fingerprint density at radius 1 is 1.32 bits per heavy atom. The van der Waals surface area contributed by atoms with Gasteiger partial charge in [-0.1, -0.05) is 12.1 Å². The monoisotopic (exact) mass is 277 g/mol. The van der Waals surface area contributed by atoms with Gasteiger partial charge in [-0.2, -0.15) is 13.2 Å². The molecule has 7 heteroatoms. The van der Waals surface area contributed by atoms with Crippen molar-refractivity contribution in [2.75, 3.05) is 11.9 Å². The molecule has 0 aliphatic carbocycles. The van der Waals surface area contributed by atoms with Crippen LogP contribution < -0.4 is 10.1 Å². The van der Waals surface area contributed by atoms with Crippen LogP contribution >= 0.6 is 0 Å². The molecule has 1 N–H and O–H groups in total. The number of hydrogen-bond donors (Lipinski definition) is 1. The first kappa shape index (κ1) is 15.1. The number of rotatable bonds is 4. The highest BCUT2D eigenvalue weighted by Crippen LogP contribution is 2.25. The lowest BCUT2D eigenvalue weighted by atomic mass is 10.3. The third kappa shape index (κ3) is 5.98. The lowest BCUT2D eigenvalue weighted by Crippen LogP contribution is -2.23. The molecular weight excluding hydrogens is 263 g/mol. The quantitative estimate of drug-likeness (QED) is 0.915. The zero-order chi connectivity index (χ0) is 14.5. The van der Waals surface area contributed by atoms with Crippen molar-refractivity contribution < 1.29 is 27.4 Å². The first-order chi connectivity index (χ1) is 8.78. The van der Waals surface area contributed by atoms with Crippen LogP contribution in [0, 0.1) is 0 Å². The summed E-state index contributed by atoms with van der Waals surface area (Å²) in [7, 11) is 0. The Kier molecular flexibility index (Phi) is 5.02. The molecule has 1 amide bonds. The largest absolute Gasteiger partial charge is 0.489 e. The number of benzene rings is 1. The summed E-state index contributed by atoms with van der Waals surface area (Å²) in [5, 5.41) is 2.20. The molecular formula is C12H14F3NO3. The Morgan fingerprint density at radius 2 is 1.95 bits per heavy atom. The minimum absolute atomic E-state index is 0.130. The summed E-state index contributed by atoms with van der Waals surface area (Å²) < 4.78 is 45.1. The fraction of sp³-hybridized carbons (Fsp3) is 0.417. The normalized spacial score (nSPS) is 11.3. The number of para-hydroxylation sites is 2. The standard InChI is InChI=1S/C12H14F3NO3/c1-8(2)19-10-6-4-3-5-9(10)16-11(17)18-7-12(13,14)15/h3-6,8H,7H2,1-2H3,(H,16,17). The number of carbonyl (C=O) groups is 1. The van der Waals surface area contributed by atoms with Crippen LogP contribution in [-0.2, 0) is 4.74 Å². The Balaban J connectivity index is 2.63. The number of ether oxygens (including phenoxy) is 2. The van der Waals surface area contributed by atoms with Crippen LogP contribution in [0.1, 0.15) is 13.8 Å². The van der Waals surface area contributed by atoms with Gasteiger partial charge in [0.15, 0.2) is 6.61 Å². The first-order valence-electron chi connectivity index (χ1n) is 5.54. The molecule has 19 heavy (non-hydrogen) atoms. The van der Waals surface area contributed by atoms with Gasteiger partial charge in [0.05, 0.1) is 11.8 Å². The van der Waals surface area contributed by atoms with Crippen LogP contribution in [0.25, 0.3) is 0 Å². The Bertz CT molecular complexity index is 432. The zero-order valence-corrected chi connectivity index (χ0v) is 10.5. The maximum absolute atomic E-state index is 11.9. The van der Waals surface area contributed by atoms with Crippen molar-refractivity contribution >= 4 is 11.8 Å². The second-order valence-electron chi connectivity index (χ2n) is 3.98. The molecule has 1 rings (SSSR count). The number of hydrogen-bond acceptors (Lipinski definition) is 3. The molecule has 0 heterocycles. The highest BCUT2D eigenvalue weighted by atomic mass is 19.4.